The molecule has 0 heterocycles. The van der Waals surface area contributed by atoms with E-state index in [-0.39, 0.29) is 5.69 Å². The number of nitro groups is 1. The quantitative estimate of drug-likeness (QED) is 0.457. The summed E-state index contributed by atoms with van der Waals surface area (Å²) in [6.45, 7) is 0. The van der Waals surface area contributed by atoms with Crippen LogP contribution in [0.2, 0.25) is 0 Å². The van der Waals surface area contributed by atoms with E-state index in [4.69, 9.17) is 0 Å². The number of rotatable bonds is 3. The van der Waals surface area contributed by atoms with E-state index in [9.17, 15) is 10.1 Å². The highest BCUT2D eigenvalue weighted by atomic mass is 32.1. The third kappa shape index (κ3) is 2.91. The van der Waals surface area contributed by atoms with Gasteiger partial charge in [0.25, 0.3) is 5.69 Å². The van der Waals surface area contributed by atoms with Crippen molar-refractivity contribution in [3.05, 3.63) is 46.0 Å². The number of non-ortho nitro benzene ring substituents is 1. The number of nitrogens with zero attached hydrogens (tertiary/aromatic N) is 1. The fraction of sp³-hybridized carbons (Fsp3) is 0.111. The van der Waals surface area contributed by atoms with Gasteiger partial charge in [0, 0.05) is 17.9 Å². The lowest BCUT2D eigenvalue weighted by molar-refractivity contribution is -0.384. The number of thiol groups is 1. The monoisotopic (exact) mass is 195 g/mol. The Labute approximate surface area is 81.6 Å². The van der Waals surface area contributed by atoms with Crippen LogP contribution in [-0.2, 0) is 0 Å². The third-order valence-electron chi connectivity index (χ3n) is 1.50. The molecule has 13 heavy (non-hydrogen) atoms. The Hall–Kier alpha value is -1.29. The highest BCUT2D eigenvalue weighted by Crippen LogP contribution is 2.13. The molecule has 1 aromatic rings. The average molecular weight is 195 g/mol. The Bertz CT molecular complexity index is 336. The van der Waals surface area contributed by atoms with E-state index in [0.717, 1.165) is 5.56 Å². The summed E-state index contributed by atoms with van der Waals surface area (Å²) in [6.07, 6.45) is 3.64. The maximum Gasteiger partial charge on any atom is 0.270 e. The van der Waals surface area contributed by atoms with Gasteiger partial charge in [-0.1, -0.05) is 24.3 Å². The number of benzene rings is 1. The van der Waals surface area contributed by atoms with Gasteiger partial charge in [-0.15, -0.1) is 0 Å². The molecule has 4 heteroatoms. The molecule has 3 nitrogen and oxygen atoms in total. The van der Waals surface area contributed by atoms with E-state index in [1.54, 1.807) is 12.1 Å². The first-order valence-corrected chi connectivity index (χ1v) is 4.39. The molecule has 0 radical (unpaired) electrons. The molecule has 0 aliphatic rings. The summed E-state index contributed by atoms with van der Waals surface area (Å²) in [6, 6.07) is 6.47. The molecule has 0 saturated heterocycles. The largest absolute Gasteiger partial charge is 0.270 e. The van der Waals surface area contributed by atoms with Gasteiger partial charge in [0.05, 0.1) is 4.92 Å². The van der Waals surface area contributed by atoms with Gasteiger partial charge in [-0.2, -0.15) is 12.6 Å². The SMILES string of the molecule is O=[N+]([O-])c1cccc(C=CCS)c1. The zero-order chi connectivity index (χ0) is 9.68. The van der Waals surface area contributed by atoms with Crippen molar-refractivity contribution in [2.24, 2.45) is 0 Å². The third-order valence-corrected chi connectivity index (χ3v) is 1.71. The van der Waals surface area contributed by atoms with Crippen molar-refractivity contribution in [3.63, 3.8) is 0 Å². The Kier molecular flexibility index (Phi) is 3.52. The predicted molar refractivity (Wildman–Crippen MR) is 56.0 cm³/mol. The molecular formula is C9H9NO2S. The summed E-state index contributed by atoms with van der Waals surface area (Å²) < 4.78 is 0. The molecule has 0 amide bonds. The summed E-state index contributed by atoms with van der Waals surface area (Å²) >= 11 is 4.00. The lowest BCUT2D eigenvalue weighted by Gasteiger charge is -1.93. The zero-order valence-corrected chi connectivity index (χ0v) is 7.78. The fourth-order valence-electron chi connectivity index (χ4n) is 0.931. The number of nitro benzene ring substituents is 1. The van der Waals surface area contributed by atoms with Crippen LogP contribution in [0.4, 0.5) is 5.69 Å². The smallest absolute Gasteiger partial charge is 0.258 e. The van der Waals surface area contributed by atoms with Crippen LogP contribution in [-0.4, -0.2) is 10.7 Å². The maximum absolute atomic E-state index is 10.4. The second kappa shape index (κ2) is 4.67. The molecule has 0 N–H and O–H groups in total. The summed E-state index contributed by atoms with van der Waals surface area (Å²) in [4.78, 5) is 9.99. The Morgan fingerprint density at radius 1 is 1.54 bits per heavy atom. The van der Waals surface area contributed by atoms with E-state index in [0.29, 0.717) is 5.75 Å². The van der Waals surface area contributed by atoms with Crippen molar-refractivity contribution in [1.29, 1.82) is 0 Å². The van der Waals surface area contributed by atoms with Crippen molar-refractivity contribution in [2.45, 2.75) is 0 Å². The van der Waals surface area contributed by atoms with Gasteiger partial charge >= 0.3 is 0 Å². The predicted octanol–water partition coefficient (Wildman–Crippen LogP) is 2.54. The first-order chi connectivity index (χ1) is 6.24. The molecular weight excluding hydrogens is 186 g/mol. The van der Waals surface area contributed by atoms with Gasteiger partial charge in [0.2, 0.25) is 0 Å². The first kappa shape index (κ1) is 9.80. The topological polar surface area (TPSA) is 43.1 Å². The van der Waals surface area contributed by atoms with Gasteiger partial charge in [0.15, 0.2) is 0 Å². The molecule has 0 atom stereocenters. The molecule has 0 aliphatic heterocycles. The lowest BCUT2D eigenvalue weighted by Crippen LogP contribution is -1.87. The summed E-state index contributed by atoms with van der Waals surface area (Å²) in [5.41, 5.74) is 0.935. The van der Waals surface area contributed by atoms with E-state index < -0.39 is 4.92 Å². The second-order valence-electron chi connectivity index (χ2n) is 2.44. The van der Waals surface area contributed by atoms with Gasteiger partial charge in [-0.05, 0) is 5.56 Å². The van der Waals surface area contributed by atoms with Gasteiger partial charge in [-0.3, -0.25) is 10.1 Å². The van der Waals surface area contributed by atoms with Crippen LogP contribution in [0, 0.1) is 10.1 Å². The first-order valence-electron chi connectivity index (χ1n) is 3.76. The van der Waals surface area contributed by atoms with Crippen LogP contribution in [0.3, 0.4) is 0 Å². The second-order valence-corrected chi connectivity index (χ2v) is 2.80. The van der Waals surface area contributed by atoms with Crippen molar-refractivity contribution in [1.82, 2.24) is 0 Å². The van der Waals surface area contributed by atoms with Gasteiger partial charge in [-0.25, -0.2) is 0 Å². The van der Waals surface area contributed by atoms with Crippen molar-refractivity contribution < 1.29 is 4.92 Å². The molecule has 0 fully saturated rings. The molecule has 1 rings (SSSR count). The van der Waals surface area contributed by atoms with E-state index in [1.165, 1.54) is 12.1 Å². The molecule has 0 saturated carbocycles. The minimum atomic E-state index is -0.405. The summed E-state index contributed by atoms with van der Waals surface area (Å²) in [7, 11) is 0. The standard InChI is InChI=1S/C9H9NO2S/c11-10(12)9-5-1-3-8(7-9)4-2-6-13/h1-5,7,13H,6H2. The fourth-order valence-corrected chi connectivity index (χ4v) is 1.04. The number of hydrogen-bond acceptors (Lipinski definition) is 3. The minimum Gasteiger partial charge on any atom is -0.258 e. The van der Waals surface area contributed by atoms with E-state index in [1.807, 2.05) is 12.1 Å². The Morgan fingerprint density at radius 3 is 2.92 bits per heavy atom. The zero-order valence-electron chi connectivity index (χ0n) is 6.88. The molecule has 0 aliphatic carbocycles. The van der Waals surface area contributed by atoms with Crippen molar-refractivity contribution in [2.75, 3.05) is 5.75 Å². The molecule has 0 bridgehead atoms. The molecule has 68 valence electrons. The molecule has 0 aromatic heterocycles. The average Bonchev–Trinajstić information content (AvgIpc) is 2.15. The molecule has 1 aromatic carbocycles. The summed E-state index contributed by atoms with van der Waals surface area (Å²) in [5, 5.41) is 10.4. The van der Waals surface area contributed by atoms with Crippen LogP contribution in [0.5, 0.6) is 0 Å². The summed E-state index contributed by atoms with van der Waals surface area (Å²) in [5.74, 6) is 0.628. The van der Waals surface area contributed by atoms with Crippen LogP contribution in [0.1, 0.15) is 5.56 Å². The van der Waals surface area contributed by atoms with Crippen LogP contribution < -0.4 is 0 Å². The lowest BCUT2D eigenvalue weighted by atomic mass is 10.2. The highest BCUT2D eigenvalue weighted by molar-refractivity contribution is 7.80. The van der Waals surface area contributed by atoms with E-state index in [2.05, 4.69) is 12.6 Å². The van der Waals surface area contributed by atoms with Crippen LogP contribution in [0.15, 0.2) is 30.3 Å². The van der Waals surface area contributed by atoms with Crippen molar-refractivity contribution in [3.8, 4) is 0 Å². The number of hydrogen-bond donors (Lipinski definition) is 1. The highest BCUT2D eigenvalue weighted by Gasteiger charge is 2.02. The Morgan fingerprint density at radius 2 is 2.31 bits per heavy atom. The van der Waals surface area contributed by atoms with E-state index >= 15 is 0 Å². The van der Waals surface area contributed by atoms with Gasteiger partial charge < -0.3 is 0 Å². The van der Waals surface area contributed by atoms with Crippen LogP contribution in [0.25, 0.3) is 6.08 Å². The Balaban J connectivity index is 2.92. The minimum absolute atomic E-state index is 0.112. The maximum atomic E-state index is 10.4. The normalized spacial score (nSPS) is 10.5. The molecule has 0 unspecified atom stereocenters. The van der Waals surface area contributed by atoms with Crippen molar-refractivity contribution >= 4 is 24.4 Å². The molecule has 0 spiro atoms. The van der Waals surface area contributed by atoms with Gasteiger partial charge in [0.1, 0.15) is 0 Å². The van der Waals surface area contributed by atoms with Crippen LogP contribution >= 0.6 is 12.6 Å².